The lowest BCUT2D eigenvalue weighted by molar-refractivity contribution is -0.134. The van der Waals surface area contributed by atoms with Crippen molar-refractivity contribution in [1.82, 2.24) is 19.8 Å². The Morgan fingerprint density at radius 3 is 2.73 bits per heavy atom. The molecule has 140 valence electrons. The van der Waals surface area contributed by atoms with E-state index >= 15 is 0 Å². The molecule has 1 aliphatic heterocycles. The first-order valence-electron chi connectivity index (χ1n) is 9.74. The number of carbonyl (C=O) groups is 1. The summed E-state index contributed by atoms with van der Waals surface area (Å²) in [7, 11) is 1.67. The first-order valence-corrected chi connectivity index (χ1v) is 9.74. The van der Waals surface area contributed by atoms with Crippen molar-refractivity contribution >= 4 is 16.9 Å². The molecule has 26 heavy (non-hydrogen) atoms. The van der Waals surface area contributed by atoms with Gasteiger partial charge < -0.3 is 14.6 Å². The molecule has 2 aliphatic rings. The van der Waals surface area contributed by atoms with Crippen LogP contribution in [-0.2, 0) is 11.3 Å². The van der Waals surface area contributed by atoms with Gasteiger partial charge in [0.05, 0.1) is 24.7 Å². The van der Waals surface area contributed by atoms with Crippen molar-refractivity contribution in [3.05, 3.63) is 24.0 Å². The molecule has 1 aromatic carbocycles. The van der Waals surface area contributed by atoms with Gasteiger partial charge in [-0.25, -0.2) is 4.98 Å². The topological polar surface area (TPSA) is 61.5 Å². The second-order valence-electron chi connectivity index (χ2n) is 7.58. The maximum absolute atomic E-state index is 12.5. The molecule has 4 rings (SSSR count). The quantitative estimate of drug-likeness (QED) is 0.895. The smallest absolute Gasteiger partial charge is 0.222 e. The number of hydrogen-bond donors (Lipinski definition) is 1. The zero-order valence-corrected chi connectivity index (χ0v) is 15.5. The van der Waals surface area contributed by atoms with Crippen LogP contribution >= 0.6 is 0 Å². The van der Waals surface area contributed by atoms with E-state index in [0.29, 0.717) is 11.8 Å². The SMILES string of the molecule is COc1ccc2nc(CN3CCN(C(=O)CC4CCCC4)CC3)[nH]c2c1. The van der Waals surface area contributed by atoms with Gasteiger partial charge in [-0.05, 0) is 30.9 Å². The summed E-state index contributed by atoms with van der Waals surface area (Å²) in [5.41, 5.74) is 1.97. The Balaban J connectivity index is 1.30. The van der Waals surface area contributed by atoms with E-state index in [1.165, 1.54) is 25.7 Å². The molecule has 1 saturated heterocycles. The number of piperazine rings is 1. The molecule has 1 saturated carbocycles. The van der Waals surface area contributed by atoms with E-state index in [4.69, 9.17) is 4.74 Å². The van der Waals surface area contributed by atoms with E-state index in [9.17, 15) is 4.79 Å². The number of ether oxygens (including phenoxy) is 1. The summed E-state index contributed by atoms with van der Waals surface area (Å²) < 4.78 is 5.27. The molecule has 0 spiro atoms. The van der Waals surface area contributed by atoms with E-state index in [2.05, 4.69) is 19.8 Å². The van der Waals surface area contributed by atoms with Crippen molar-refractivity contribution in [3.8, 4) is 5.75 Å². The summed E-state index contributed by atoms with van der Waals surface area (Å²) in [5.74, 6) is 2.79. The predicted molar refractivity (Wildman–Crippen MR) is 101 cm³/mol. The highest BCUT2D eigenvalue weighted by Crippen LogP contribution is 2.28. The molecule has 1 aliphatic carbocycles. The molecular formula is C20H28N4O2. The summed E-state index contributed by atoms with van der Waals surface area (Å²) in [4.78, 5) is 25.0. The molecule has 1 aromatic heterocycles. The van der Waals surface area contributed by atoms with E-state index in [0.717, 1.165) is 61.8 Å². The van der Waals surface area contributed by atoms with Gasteiger partial charge in [-0.15, -0.1) is 0 Å². The van der Waals surface area contributed by atoms with Crippen LogP contribution in [0.15, 0.2) is 18.2 Å². The molecule has 1 amide bonds. The number of hydrogen-bond acceptors (Lipinski definition) is 4. The molecule has 2 aromatic rings. The third kappa shape index (κ3) is 3.85. The monoisotopic (exact) mass is 356 g/mol. The molecular weight excluding hydrogens is 328 g/mol. The number of carbonyl (C=O) groups excluding carboxylic acids is 1. The Bertz CT molecular complexity index is 758. The van der Waals surface area contributed by atoms with Gasteiger partial charge >= 0.3 is 0 Å². The van der Waals surface area contributed by atoms with E-state index in [1.54, 1.807) is 7.11 Å². The highest BCUT2D eigenvalue weighted by atomic mass is 16.5. The molecule has 0 unspecified atom stereocenters. The highest BCUT2D eigenvalue weighted by molar-refractivity contribution is 5.77. The minimum atomic E-state index is 0.354. The van der Waals surface area contributed by atoms with Crippen LogP contribution in [0, 0.1) is 5.92 Å². The maximum atomic E-state index is 12.5. The van der Waals surface area contributed by atoms with Crippen molar-refractivity contribution in [1.29, 1.82) is 0 Å². The Kier molecular flexibility index (Phi) is 5.11. The van der Waals surface area contributed by atoms with Crippen LogP contribution in [0.25, 0.3) is 11.0 Å². The second kappa shape index (κ2) is 7.66. The van der Waals surface area contributed by atoms with Gasteiger partial charge in [0.25, 0.3) is 0 Å². The van der Waals surface area contributed by atoms with Gasteiger partial charge in [0.15, 0.2) is 0 Å². The number of aromatic nitrogens is 2. The largest absolute Gasteiger partial charge is 0.497 e. The van der Waals surface area contributed by atoms with Crippen LogP contribution in [0.4, 0.5) is 0 Å². The van der Waals surface area contributed by atoms with Crippen molar-refractivity contribution < 1.29 is 9.53 Å². The number of amides is 1. The molecule has 6 heteroatoms. The van der Waals surface area contributed by atoms with Gasteiger partial charge in [-0.3, -0.25) is 9.69 Å². The number of rotatable bonds is 5. The van der Waals surface area contributed by atoms with E-state index in [-0.39, 0.29) is 0 Å². The number of imidazole rings is 1. The summed E-state index contributed by atoms with van der Waals surface area (Å²) in [6, 6.07) is 5.89. The summed E-state index contributed by atoms with van der Waals surface area (Å²) >= 11 is 0. The molecule has 0 radical (unpaired) electrons. The van der Waals surface area contributed by atoms with Gasteiger partial charge in [0, 0.05) is 38.7 Å². The Hall–Kier alpha value is -2.08. The first kappa shape index (κ1) is 17.3. The average Bonchev–Trinajstić information content (AvgIpc) is 3.30. The minimum absolute atomic E-state index is 0.354. The van der Waals surface area contributed by atoms with Crippen LogP contribution in [0.5, 0.6) is 5.75 Å². The number of methoxy groups -OCH3 is 1. The van der Waals surface area contributed by atoms with Gasteiger partial charge in [0.1, 0.15) is 11.6 Å². The Morgan fingerprint density at radius 2 is 2.00 bits per heavy atom. The lowest BCUT2D eigenvalue weighted by Crippen LogP contribution is -2.48. The van der Waals surface area contributed by atoms with Crippen LogP contribution < -0.4 is 4.74 Å². The standard InChI is InChI=1S/C20H28N4O2/c1-26-16-6-7-17-18(13-16)22-19(21-17)14-23-8-10-24(11-9-23)20(25)12-15-4-2-3-5-15/h6-7,13,15H,2-5,8-12,14H2,1H3,(H,21,22). The first-order chi connectivity index (χ1) is 12.7. The maximum Gasteiger partial charge on any atom is 0.222 e. The van der Waals surface area contributed by atoms with Gasteiger partial charge in [-0.1, -0.05) is 12.8 Å². The fourth-order valence-electron chi connectivity index (χ4n) is 4.20. The number of H-pyrrole nitrogens is 1. The molecule has 2 heterocycles. The average molecular weight is 356 g/mol. The Morgan fingerprint density at radius 1 is 1.23 bits per heavy atom. The van der Waals surface area contributed by atoms with Crippen molar-refractivity contribution in [3.63, 3.8) is 0 Å². The van der Waals surface area contributed by atoms with Crippen LogP contribution in [-0.4, -0.2) is 59.0 Å². The molecule has 1 N–H and O–H groups in total. The summed E-state index contributed by atoms with van der Waals surface area (Å²) in [6.07, 6.45) is 5.83. The lowest BCUT2D eigenvalue weighted by atomic mass is 10.0. The van der Waals surface area contributed by atoms with Crippen molar-refractivity contribution in [2.75, 3.05) is 33.3 Å². The van der Waals surface area contributed by atoms with Gasteiger partial charge in [-0.2, -0.15) is 0 Å². The summed E-state index contributed by atoms with van der Waals surface area (Å²) in [6.45, 7) is 4.29. The number of nitrogens with one attached hydrogen (secondary N) is 1. The third-order valence-corrected chi connectivity index (χ3v) is 5.77. The number of aromatic amines is 1. The molecule has 0 bridgehead atoms. The van der Waals surface area contributed by atoms with Crippen LogP contribution in [0.1, 0.15) is 37.9 Å². The van der Waals surface area contributed by atoms with Crippen LogP contribution in [0.2, 0.25) is 0 Å². The van der Waals surface area contributed by atoms with E-state index < -0.39 is 0 Å². The molecule has 6 nitrogen and oxygen atoms in total. The fourth-order valence-corrected chi connectivity index (χ4v) is 4.20. The molecule has 2 fully saturated rings. The third-order valence-electron chi connectivity index (χ3n) is 5.77. The lowest BCUT2D eigenvalue weighted by Gasteiger charge is -2.34. The zero-order valence-electron chi connectivity index (χ0n) is 15.5. The number of benzene rings is 1. The van der Waals surface area contributed by atoms with E-state index in [1.807, 2.05) is 18.2 Å². The molecule has 0 atom stereocenters. The zero-order chi connectivity index (χ0) is 17.9. The van der Waals surface area contributed by atoms with Crippen molar-refractivity contribution in [2.45, 2.75) is 38.6 Å². The summed E-state index contributed by atoms with van der Waals surface area (Å²) in [5, 5.41) is 0. The normalized spacial score (nSPS) is 19.3. The fraction of sp³-hybridized carbons (Fsp3) is 0.600. The minimum Gasteiger partial charge on any atom is -0.497 e. The van der Waals surface area contributed by atoms with Crippen molar-refractivity contribution in [2.24, 2.45) is 5.92 Å². The highest BCUT2D eigenvalue weighted by Gasteiger charge is 2.25. The Labute approximate surface area is 154 Å². The predicted octanol–water partition coefficient (Wildman–Crippen LogP) is 2.80. The van der Waals surface area contributed by atoms with Gasteiger partial charge in [0.2, 0.25) is 5.91 Å². The van der Waals surface area contributed by atoms with Crippen LogP contribution in [0.3, 0.4) is 0 Å². The second-order valence-corrected chi connectivity index (χ2v) is 7.58. The number of fused-ring (bicyclic) bond motifs is 1. The number of nitrogens with zero attached hydrogens (tertiary/aromatic N) is 3.